The number of rotatable bonds is 2. The summed E-state index contributed by atoms with van der Waals surface area (Å²) in [5.74, 6) is 1.07. The molecule has 1 aromatic carbocycles. The Bertz CT molecular complexity index is 907. The summed E-state index contributed by atoms with van der Waals surface area (Å²) in [6.07, 6.45) is -0.415. The van der Waals surface area contributed by atoms with E-state index in [9.17, 15) is 18.0 Å². The monoisotopic (exact) mass is 404 g/mol. The molecule has 2 aliphatic heterocycles. The van der Waals surface area contributed by atoms with Gasteiger partial charge in [0.25, 0.3) is 5.91 Å². The summed E-state index contributed by atoms with van der Waals surface area (Å²) < 4.78 is 39.1. The van der Waals surface area contributed by atoms with Crippen LogP contribution in [-0.2, 0) is 19.1 Å². The Morgan fingerprint density at radius 1 is 1.07 bits per heavy atom. The Morgan fingerprint density at radius 2 is 1.83 bits per heavy atom. The summed E-state index contributed by atoms with van der Waals surface area (Å²) in [7, 11) is 0. The number of hydrogen-bond donors (Lipinski definition) is 0. The molecule has 0 radical (unpaired) electrons. The van der Waals surface area contributed by atoms with Crippen LogP contribution in [0.4, 0.5) is 19.0 Å². The van der Waals surface area contributed by atoms with Gasteiger partial charge in [0.2, 0.25) is 0 Å². The second-order valence-corrected chi connectivity index (χ2v) is 7.89. The minimum atomic E-state index is -4.36. The number of halogens is 3. The maximum atomic E-state index is 13.0. The normalized spacial score (nSPS) is 17.9. The Balaban J connectivity index is 1.53. The van der Waals surface area contributed by atoms with Crippen molar-refractivity contribution < 1.29 is 18.0 Å². The topological polar surface area (TPSA) is 49.3 Å². The number of amides is 1. The van der Waals surface area contributed by atoms with Crippen LogP contribution in [-0.4, -0.2) is 40.4 Å². The molecular formula is C21H23F3N4O. The van der Waals surface area contributed by atoms with Crippen LogP contribution >= 0.6 is 0 Å². The van der Waals surface area contributed by atoms with E-state index >= 15 is 0 Å². The summed E-state index contributed by atoms with van der Waals surface area (Å²) in [6.45, 7) is 4.58. The van der Waals surface area contributed by atoms with E-state index in [0.717, 1.165) is 37.6 Å². The molecule has 1 amide bonds. The van der Waals surface area contributed by atoms with Gasteiger partial charge in [-0.3, -0.25) is 4.79 Å². The van der Waals surface area contributed by atoms with Gasteiger partial charge in [-0.05, 0) is 48.4 Å². The lowest BCUT2D eigenvalue weighted by Crippen LogP contribution is -2.38. The van der Waals surface area contributed by atoms with Gasteiger partial charge in [0.1, 0.15) is 17.8 Å². The molecular weight excluding hydrogens is 381 g/mol. The van der Waals surface area contributed by atoms with Crippen molar-refractivity contribution in [1.29, 1.82) is 0 Å². The standard InChI is InChI=1S/C21H23F3N4O/c1-14-4-7-27(8-5-14)20(29)18-11-19(26-13-25-18)28-9-6-15-2-3-17(21(22,23)24)10-16(15)12-28/h2-3,10-11,13-14H,4-9,12H2,1H3. The Labute approximate surface area is 167 Å². The third-order valence-electron chi connectivity index (χ3n) is 5.81. The number of fused-ring (bicyclic) bond motifs is 1. The molecule has 154 valence electrons. The molecule has 1 saturated heterocycles. The fourth-order valence-corrected chi connectivity index (χ4v) is 3.94. The zero-order chi connectivity index (χ0) is 20.6. The summed E-state index contributed by atoms with van der Waals surface area (Å²) in [5.41, 5.74) is 1.25. The molecule has 0 aliphatic carbocycles. The fourth-order valence-electron chi connectivity index (χ4n) is 3.94. The third-order valence-corrected chi connectivity index (χ3v) is 5.81. The van der Waals surface area contributed by atoms with Gasteiger partial charge in [0, 0.05) is 32.2 Å². The zero-order valence-corrected chi connectivity index (χ0v) is 16.2. The fraction of sp³-hybridized carbons (Fsp3) is 0.476. The van der Waals surface area contributed by atoms with Crippen molar-refractivity contribution >= 4 is 11.7 Å². The van der Waals surface area contributed by atoms with Gasteiger partial charge in [-0.15, -0.1) is 0 Å². The Morgan fingerprint density at radius 3 is 2.55 bits per heavy atom. The minimum absolute atomic E-state index is 0.114. The quantitative estimate of drug-likeness (QED) is 0.761. The van der Waals surface area contributed by atoms with E-state index in [4.69, 9.17) is 0 Å². The van der Waals surface area contributed by atoms with Crippen LogP contribution < -0.4 is 4.90 Å². The number of likely N-dealkylation sites (tertiary alicyclic amines) is 1. The Hall–Kier alpha value is -2.64. The van der Waals surface area contributed by atoms with Crippen molar-refractivity contribution in [2.24, 2.45) is 5.92 Å². The second kappa shape index (κ2) is 7.65. The lowest BCUT2D eigenvalue weighted by atomic mass is 9.97. The van der Waals surface area contributed by atoms with E-state index < -0.39 is 11.7 Å². The van der Waals surface area contributed by atoms with Crippen molar-refractivity contribution in [3.05, 3.63) is 53.0 Å². The maximum absolute atomic E-state index is 13.0. The number of hydrogen-bond acceptors (Lipinski definition) is 4. The minimum Gasteiger partial charge on any atom is -0.352 e. The first-order valence-corrected chi connectivity index (χ1v) is 9.86. The number of alkyl halides is 3. The highest BCUT2D eigenvalue weighted by Crippen LogP contribution is 2.33. The van der Waals surface area contributed by atoms with Crippen LogP contribution in [0.25, 0.3) is 0 Å². The largest absolute Gasteiger partial charge is 0.416 e. The summed E-state index contributed by atoms with van der Waals surface area (Å²) >= 11 is 0. The molecule has 0 N–H and O–H groups in total. The van der Waals surface area contributed by atoms with Crippen LogP contribution in [0.5, 0.6) is 0 Å². The van der Waals surface area contributed by atoms with E-state index in [-0.39, 0.29) is 5.91 Å². The van der Waals surface area contributed by atoms with Crippen LogP contribution in [0, 0.1) is 5.92 Å². The highest BCUT2D eigenvalue weighted by atomic mass is 19.4. The molecule has 5 nitrogen and oxygen atoms in total. The molecule has 0 saturated carbocycles. The SMILES string of the molecule is CC1CCN(C(=O)c2cc(N3CCc4ccc(C(F)(F)F)cc4C3)ncn2)CC1. The predicted octanol–water partition coefficient (Wildman–Crippen LogP) is 3.93. The zero-order valence-electron chi connectivity index (χ0n) is 16.2. The predicted molar refractivity (Wildman–Crippen MR) is 103 cm³/mol. The first-order chi connectivity index (χ1) is 13.8. The molecule has 1 aromatic heterocycles. The second-order valence-electron chi connectivity index (χ2n) is 7.89. The summed E-state index contributed by atoms with van der Waals surface area (Å²) in [5, 5.41) is 0. The molecule has 1 fully saturated rings. The number of nitrogens with zero attached hydrogens (tertiary/aromatic N) is 4. The van der Waals surface area contributed by atoms with Gasteiger partial charge >= 0.3 is 6.18 Å². The molecule has 0 bridgehead atoms. The van der Waals surface area contributed by atoms with Gasteiger partial charge in [0.15, 0.2) is 0 Å². The van der Waals surface area contributed by atoms with Gasteiger partial charge in [-0.2, -0.15) is 13.2 Å². The number of piperidine rings is 1. The average Bonchev–Trinajstić information content (AvgIpc) is 2.72. The van der Waals surface area contributed by atoms with Crippen molar-refractivity contribution in [3.8, 4) is 0 Å². The van der Waals surface area contributed by atoms with E-state index in [1.807, 2.05) is 9.80 Å². The molecule has 2 aliphatic rings. The lowest BCUT2D eigenvalue weighted by molar-refractivity contribution is -0.137. The van der Waals surface area contributed by atoms with Gasteiger partial charge < -0.3 is 9.80 Å². The third kappa shape index (κ3) is 4.21. The van der Waals surface area contributed by atoms with Gasteiger partial charge in [-0.25, -0.2) is 9.97 Å². The van der Waals surface area contributed by atoms with Gasteiger partial charge in [-0.1, -0.05) is 13.0 Å². The lowest BCUT2D eigenvalue weighted by Gasteiger charge is -2.31. The van der Waals surface area contributed by atoms with E-state index in [0.29, 0.717) is 42.5 Å². The average molecular weight is 404 g/mol. The van der Waals surface area contributed by atoms with Crippen LogP contribution in [0.1, 0.15) is 46.9 Å². The molecule has 29 heavy (non-hydrogen) atoms. The molecule has 0 spiro atoms. The van der Waals surface area contributed by atoms with Crippen molar-refractivity contribution in [3.63, 3.8) is 0 Å². The number of carbonyl (C=O) groups is 1. The summed E-state index contributed by atoms with van der Waals surface area (Å²) in [4.78, 5) is 24.9. The number of benzene rings is 1. The van der Waals surface area contributed by atoms with E-state index in [2.05, 4.69) is 16.9 Å². The molecule has 2 aromatic rings. The first-order valence-electron chi connectivity index (χ1n) is 9.86. The van der Waals surface area contributed by atoms with Crippen LogP contribution in [0.2, 0.25) is 0 Å². The van der Waals surface area contributed by atoms with E-state index in [1.54, 1.807) is 12.1 Å². The van der Waals surface area contributed by atoms with Gasteiger partial charge in [0.05, 0.1) is 5.56 Å². The molecule has 0 unspecified atom stereocenters. The maximum Gasteiger partial charge on any atom is 0.416 e. The number of aromatic nitrogens is 2. The van der Waals surface area contributed by atoms with E-state index in [1.165, 1.54) is 12.4 Å². The summed E-state index contributed by atoms with van der Waals surface area (Å²) in [6, 6.07) is 5.56. The molecule has 8 heteroatoms. The Kier molecular flexibility index (Phi) is 5.19. The smallest absolute Gasteiger partial charge is 0.352 e. The molecule has 3 heterocycles. The highest BCUT2D eigenvalue weighted by molar-refractivity contribution is 5.93. The molecule has 4 rings (SSSR count). The van der Waals surface area contributed by atoms with Crippen molar-refractivity contribution in [2.75, 3.05) is 24.5 Å². The van der Waals surface area contributed by atoms with Crippen LogP contribution in [0.3, 0.4) is 0 Å². The van der Waals surface area contributed by atoms with Crippen molar-refractivity contribution in [2.45, 2.75) is 38.9 Å². The first kappa shape index (κ1) is 19.7. The highest BCUT2D eigenvalue weighted by Gasteiger charge is 2.32. The number of anilines is 1. The van der Waals surface area contributed by atoms with Crippen LogP contribution in [0.15, 0.2) is 30.6 Å². The van der Waals surface area contributed by atoms with Crippen molar-refractivity contribution in [1.82, 2.24) is 14.9 Å². The molecule has 0 atom stereocenters. The number of carbonyl (C=O) groups excluding carboxylic acids is 1.